The highest BCUT2D eigenvalue weighted by molar-refractivity contribution is 6.30. The van der Waals surface area contributed by atoms with Crippen molar-refractivity contribution in [1.29, 1.82) is 0 Å². The van der Waals surface area contributed by atoms with Crippen LogP contribution < -0.4 is 15.8 Å². The Labute approximate surface area is 150 Å². The van der Waals surface area contributed by atoms with Gasteiger partial charge in [-0.05, 0) is 25.0 Å². The lowest BCUT2D eigenvalue weighted by Crippen LogP contribution is -2.46. The van der Waals surface area contributed by atoms with Gasteiger partial charge in [0.05, 0.1) is 12.7 Å². The quantitative estimate of drug-likeness (QED) is 0.871. The minimum Gasteiger partial charge on any atom is -0.373 e. The van der Waals surface area contributed by atoms with Crippen LogP contribution >= 0.6 is 11.6 Å². The van der Waals surface area contributed by atoms with Crippen LogP contribution in [0.3, 0.4) is 0 Å². The van der Waals surface area contributed by atoms with Gasteiger partial charge >= 0.3 is 0 Å². The standard InChI is InChI=1S/C16H21ClN6O2/c1-10-11(2)15(21-20-13(10)17)23-6-7-25-12(9-23)8-19-14-16(24)22(3)5-4-18-14/h4-5,12H,6-9H2,1-3H3,(H,18,19). The summed E-state index contributed by atoms with van der Waals surface area (Å²) in [5.41, 5.74) is 1.79. The molecule has 0 spiro atoms. The van der Waals surface area contributed by atoms with Crippen LogP contribution in [0, 0.1) is 13.8 Å². The van der Waals surface area contributed by atoms with Crippen LogP contribution in [0.5, 0.6) is 0 Å². The molecule has 0 radical (unpaired) electrons. The highest BCUT2D eigenvalue weighted by Crippen LogP contribution is 2.25. The highest BCUT2D eigenvalue weighted by atomic mass is 35.5. The van der Waals surface area contributed by atoms with Gasteiger partial charge in [-0.2, -0.15) is 0 Å². The molecule has 1 aliphatic rings. The van der Waals surface area contributed by atoms with Gasteiger partial charge in [0, 0.05) is 39.1 Å². The number of hydrogen-bond donors (Lipinski definition) is 1. The first-order valence-electron chi connectivity index (χ1n) is 8.08. The van der Waals surface area contributed by atoms with E-state index >= 15 is 0 Å². The Hall–Kier alpha value is -2.19. The molecule has 1 fully saturated rings. The summed E-state index contributed by atoms with van der Waals surface area (Å²) in [5.74, 6) is 1.15. The van der Waals surface area contributed by atoms with Crippen LogP contribution in [0.4, 0.5) is 11.6 Å². The molecule has 0 aromatic carbocycles. The van der Waals surface area contributed by atoms with Gasteiger partial charge in [-0.15, -0.1) is 10.2 Å². The fraction of sp³-hybridized carbons (Fsp3) is 0.500. The van der Waals surface area contributed by atoms with Gasteiger partial charge in [0.15, 0.2) is 16.8 Å². The van der Waals surface area contributed by atoms with Crippen LogP contribution in [0.15, 0.2) is 17.2 Å². The number of aryl methyl sites for hydroxylation is 1. The third kappa shape index (κ3) is 3.74. The number of nitrogens with zero attached hydrogens (tertiary/aromatic N) is 5. The lowest BCUT2D eigenvalue weighted by atomic mass is 10.1. The Morgan fingerprint density at radius 3 is 2.96 bits per heavy atom. The Balaban J connectivity index is 1.68. The molecule has 2 aromatic heterocycles. The highest BCUT2D eigenvalue weighted by Gasteiger charge is 2.24. The summed E-state index contributed by atoms with van der Waals surface area (Å²) in [4.78, 5) is 18.2. The van der Waals surface area contributed by atoms with Gasteiger partial charge < -0.3 is 19.5 Å². The first-order valence-corrected chi connectivity index (χ1v) is 8.46. The molecule has 3 heterocycles. The molecule has 1 atom stereocenters. The fourth-order valence-corrected chi connectivity index (χ4v) is 2.91. The molecule has 2 aromatic rings. The molecule has 1 saturated heterocycles. The largest absolute Gasteiger partial charge is 0.373 e. The Kier molecular flexibility index (Phi) is 5.19. The van der Waals surface area contributed by atoms with E-state index in [1.807, 2.05) is 13.8 Å². The van der Waals surface area contributed by atoms with Crippen molar-refractivity contribution in [3.05, 3.63) is 39.0 Å². The van der Waals surface area contributed by atoms with Crippen molar-refractivity contribution in [3.63, 3.8) is 0 Å². The second-order valence-corrected chi connectivity index (χ2v) is 6.43. The average Bonchev–Trinajstić information content (AvgIpc) is 2.61. The van der Waals surface area contributed by atoms with E-state index in [4.69, 9.17) is 16.3 Å². The monoisotopic (exact) mass is 364 g/mol. The van der Waals surface area contributed by atoms with Gasteiger partial charge in [0.2, 0.25) is 0 Å². The summed E-state index contributed by atoms with van der Waals surface area (Å²) >= 11 is 6.03. The molecular formula is C16H21ClN6O2. The molecule has 1 aliphatic heterocycles. The van der Waals surface area contributed by atoms with Gasteiger partial charge in [-0.1, -0.05) is 11.6 Å². The SMILES string of the molecule is Cc1c(Cl)nnc(N2CCOC(CNc3nccn(C)c3=O)C2)c1C. The van der Waals surface area contributed by atoms with Crippen molar-refractivity contribution >= 4 is 23.2 Å². The Morgan fingerprint density at radius 1 is 1.36 bits per heavy atom. The van der Waals surface area contributed by atoms with E-state index in [-0.39, 0.29) is 11.7 Å². The van der Waals surface area contributed by atoms with Crippen molar-refractivity contribution in [1.82, 2.24) is 19.7 Å². The van der Waals surface area contributed by atoms with E-state index in [1.54, 1.807) is 19.4 Å². The maximum atomic E-state index is 12.0. The summed E-state index contributed by atoms with van der Waals surface area (Å²) < 4.78 is 7.29. The third-order valence-electron chi connectivity index (χ3n) is 4.39. The summed E-state index contributed by atoms with van der Waals surface area (Å²) in [6.07, 6.45) is 3.13. The summed E-state index contributed by atoms with van der Waals surface area (Å²) in [6, 6.07) is 0. The van der Waals surface area contributed by atoms with E-state index in [0.29, 0.717) is 30.7 Å². The van der Waals surface area contributed by atoms with Crippen molar-refractivity contribution < 1.29 is 4.74 Å². The fourth-order valence-electron chi connectivity index (χ4n) is 2.73. The maximum absolute atomic E-state index is 12.0. The van der Waals surface area contributed by atoms with Crippen molar-refractivity contribution in [2.24, 2.45) is 7.05 Å². The van der Waals surface area contributed by atoms with Crippen LogP contribution in [-0.2, 0) is 11.8 Å². The van der Waals surface area contributed by atoms with Crippen molar-refractivity contribution in [3.8, 4) is 0 Å². The molecular weight excluding hydrogens is 344 g/mol. The van der Waals surface area contributed by atoms with Crippen molar-refractivity contribution in [2.45, 2.75) is 20.0 Å². The second-order valence-electron chi connectivity index (χ2n) is 6.08. The maximum Gasteiger partial charge on any atom is 0.293 e. The zero-order valence-electron chi connectivity index (χ0n) is 14.5. The summed E-state index contributed by atoms with van der Waals surface area (Å²) in [7, 11) is 1.69. The molecule has 0 saturated carbocycles. The van der Waals surface area contributed by atoms with Gasteiger partial charge in [0.25, 0.3) is 5.56 Å². The summed E-state index contributed by atoms with van der Waals surface area (Å²) in [6.45, 7) is 6.38. The molecule has 3 rings (SSSR count). The molecule has 0 aliphatic carbocycles. The average molecular weight is 365 g/mol. The van der Waals surface area contributed by atoms with E-state index in [1.165, 1.54) is 4.57 Å². The van der Waals surface area contributed by atoms with E-state index in [0.717, 1.165) is 23.5 Å². The Morgan fingerprint density at radius 2 is 2.16 bits per heavy atom. The zero-order valence-corrected chi connectivity index (χ0v) is 15.2. The van der Waals surface area contributed by atoms with E-state index < -0.39 is 0 Å². The number of nitrogens with one attached hydrogen (secondary N) is 1. The molecule has 0 amide bonds. The van der Waals surface area contributed by atoms with Gasteiger partial charge in [0.1, 0.15) is 0 Å². The zero-order chi connectivity index (χ0) is 18.0. The number of aromatic nitrogens is 4. The summed E-state index contributed by atoms with van der Waals surface area (Å²) in [5, 5.41) is 11.8. The van der Waals surface area contributed by atoms with E-state index in [9.17, 15) is 4.79 Å². The Bertz CT molecular complexity index is 825. The third-order valence-corrected chi connectivity index (χ3v) is 4.75. The molecule has 0 bridgehead atoms. The van der Waals surface area contributed by atoms with Crippen LogP contribution in [0.1, 0.15) is 11.1 Å². The first-order chi connectivity index (χ1) is 12.0. The van der Waals surface area contributed by atoms with E-state index in [2.05, 4.69) is 25.4 Å². The number of rotatable bonds is 4. The predicted molar refractivity (Wildman–Crippen MR) is 96.4 cm³/mol. The number of halogens is 1. The van der Waals surface area contributed by atoms with Crippen molar-refractivity contribution in [2.75, 3.05) is 36.5 Å². The minimum absolute atomic E-state index is 0.0855. The smallest absolute Gasteiger partial charge is 0.293 e. The predicted octanol–water partition coefficient (Wildman–Crippen LogP) is 1.16. The number of hydrogen-bond acceptors (Lipinski definition) is 7. The molecule has 9 heteroatoms. The van der Waals surface area contributed by atoms with Crippen LogP contribution in [0.25, 0.3) is 0 Å². The first kappa shape index (κ1) is 17.6. The molecule has 1 unspecified atom stereocenters. The minimum atomic E-state index is -0.162. The molecule has 134 valence electrons. The number of morpholine rings is 1. The number of anilines is 2. The van der Waals surface area contributed by atoms with Gasteiger partial charge in [-0.3, -0.25) is 4.79 Å². The molecule has 25 heavy (non-hydrogen) atoms. The lowest BCUT2D eigenvalue weighted by Gasteiger charge is -2.34. The topological polar surface area (TPSA) is 85.2 Å². The normalized spacial score (nSPS) is 17.6. The lowest BCUT2D eigenvalue weighted by molar-refractivity contribution is 0.0488. The molecule has 1 N–H and O–H groups in total. The van der Waals surface area contributed by atoms with Gasteiger partial charge in [-0.25, -0.2) is 4.98 Å². The second kappa shape index (κ2) is 7.37. The van der Waals surface area contributed by atoms with Crippen LogP contribution in [0.2, 0.25) is 5.15 Å². The van der Waals surface area contributed by atoms with Crippen LogP contribution in [-0.4, -0.2) is 52.1 Å². The number of ether oxygens (including phenoxy) is 1. The molecule has 8 nitrogen and oxygen atoms in total.